The first-order chi connectivity index (χ1) is 9.74. The van der Waals surface area contributed by atoms with Crippen molar-refractivity contribution in [1.82, 2.24) is 9.55 Å². The zero-order valence-corrected chi connectivity index (χ0v) is 11.8. The number of hydrogen-bond donors (Lipinski definition) is 0. The average Bonchev–Trinajstić information content (AvgIpc) is 3.04. The molecule has 0 N–H and O–H groups in total. The number of aromatic nitrogens is 2. The normalized spacial score (nSPS) is 11.9. The molecule has 1 aromatic carbocycles. The number of rotatable bonds is 4. The second kappa shape index (κ2) is 5.37. The van der Waals surface area contributed by atoms with Crippen LogP contribution in [0, 0.1) is 5.92 Å². The minimum atomic E-state index is 0.573. The van der Waals surface area contributed by atoms with E-state index in [-0.39, 0.29) is 0 Å². The van der Waals surface area contributed by atoms with E-state index in [4.69, 9.17) is 9.40 Å². The van der Waals surface area contributed by atoms with Crippen molar-refractivity contribution >= 4 is 23.2 Å². The maximum absolute atomic E-state index is 5.33. The molecule has 0 unspecified atom stereocenters. The maximum atomic E-state index is 5.33. The van der Waals surface area contributed by atoms with Crippen LogP contribution in [-0.2, 0) is 6.54 Å². The highest BCUT2D eigenvalue weighted by molar-refractivity contribution is 5.79. The Kier molecular flexibility index (Phi) is 3.42. The summed E-state index contributed by atoms with van der Waals surface area (Å²) in [4.78, 5) is 4.70. The highest BCUT2D eigenvalue weighted by Gasteiger charge is 2.09. The van der Waals surface area contributed by atoms with E-state index in [0.717, 1.165) is 23.6 Å². The minimum Gasteiger partial charge on any atom is -0.465 e. The molecule has 0 bridgehead atoms. The van der Waals surface area contributed by atoms with E-state index >= 15 is 0 Å². The Morgan fingerprint density at radius 2 is 2.00 bits per heavy atom. The van der Waals surface area contributed by atoms with E-state index in [1.807, 2.05) is 30.4 Å². The quantitative estimate of drug-likeness (QED) is 0.698. The van der Waals surface area contributed by atoms with Crippen molar-refractivity contribution in [3.63, 3.8) is 0 Å². The molecular formula is C17H18N2O. The molecule has 2 aromatic heterocycles. The van der Waals surface area contributed by atoms with Gasteiger partial charge in [-0.2, -0.15) is 0 Å². The summed E-state index contributed by atoms with van der Waals surface area (Å²) >= 11 is 0. The summed E-state index contributed by atoms with van der Waals surface area (Å²) < 4.78 is 7.59. The van der Waals surface area contributed by atoms with Gasteiger partial charge in [0.05, 0.1) is 17.3 Å². The Balaban J connectivity index is 2.04. The third-order valence-electron chi connectivity index (χ3n) is 3.17. The third kappa shape index (κ3) is 2.52. The highest BCUT2D eigenvalue weighted by Crippen LogP contribution is 2.19. The molecule has 0 aliphatic carbocycles. The van der Waals surface area contributed by atoms with Crippen molar-refractivity contribution in [3.8, 4) is 0 Å². The van der Waals surface area contributed by atoms with Gasteiger partial charge in [0.15, 0.2) is 0 Å². The first-order valence-electron chi connectivity index (χ1n) is 6.91. The third-order valence-corrected chi connectivity index (χ3v) is 3.17. The van der Waals surface area contributed by atoms with Crippen LogP contribution >= 0.6 is 0 Å². The zero-order chi connectivity index (χ0) is 13.9. The van der Waals surface area contributed by atoms with Gasteiger partial charge in [-0.3, -0.25) is 0 Å². The second-order valence-corrected chi connectivity index (χ2v) is 5.31. The Morgan fingerprint density at radius 3 is 2.75 bits per heavy atom. The smallest absolute Gasteiger partial charge is 0.133 e. The molecule has 3 nitrogen and oxygen atoms in total. The molecule has 0 fully saturated rings. The Labute approximate surface area is 118 Å². The SMILES string of the molecule is CC(C)Cn1c(C=Cc2ccco2)nc2ccccc21. The van der Waals surface area contributed by atoms with Crippen LogP contribution in [0.5, 0.6) is 0 Å². The van der Waals surface area contributed by atoms with Gasteiger partial charge >= 0.3 is 0 Å². The van der Waals surface area contributed by atoms with E-state index in [1.54, 1.807) is 6.26 Å². The Bertz CT molecular complexity index is 721. The molecule has 0 saturated heterocycles. The van der Waals surface area contributed by atoms with Crippen LogP contribution in [0.2, 0.25) is 0 Å². The summed E-state index contributed by atoms with van der Waals surface area (Å²) in [6.45, 7) is 5.39. The standard InChI is InChI=1S/C17H18N2O/c1-13(2)12-19-16-8-4-3-7-15(16)18-17(19)10-9-14-6-5-11-20-14/h3-11,13H,12H2,1-2H3. The number of hydrogen-bond acceptors (Lipinski definition) is 2. The molecule has 0 radical (unpaired) electrons. The minimum absolute atomic E-state index is 0.573. The second-order valence-electron chi connectivity index (χ2n) is 5.31. The van der Waals surface area contributed by atoms with E-state index in [0.29, 0.717) is 5.92 Å². The van der Waals surface area contributed by atoms with Gasteiger partial charge in [-0.1, -0.05) is 26.0 Å². The van der Waals surface area contributed by atoms with E-state index in [1.165, 1.54) is 5.52 Å². The molecule has 0 spiro atoms. The lowest BCUT2D eigenvalue weighted by atomic mass is 10.2. The number of para-hydroxylation sites is 2. The van der Waals surface area contributed by atoms with Crippen molar-refractivity contribution in [1.29, 1.82) is 0 Å². The summed E-state index contributed by atoms with van der Waals surface area (Å²) in [5.74, 6) is 2.38. The van der Waals surface area contributed by atoms with Crippen molar-refractivity contribution in [2.75, 3.05) is 0 Å². The molecule has 3 heteroatoms. The molecular weight excluding hydrogens is 248 g/mol. The predicted molar refractivity (Wildman–Crippen MR) is 82.2 cm³/mol. The first-order valence-corrected chi connectivity index (χ1v) is 6.91. The van der Waals surface area contributed by atoms with Gasteiger partial charge < -0.3 is 8.98 Å². The number of nitrogens with zero attached hydrogens (tertiary/aromatic N) is 2. The molecule has 3 aromatic rings. The van der Waals surface area contributed by atoms with Crippen LogP contribution in [0.3, 0.4) is 0 Å². The van der Waals surface area contributed by atoms with Crippen LogP contribution in [0.15, 0.2) is 47.1 Å². The first kappa shape index (κ1) is 12.7. The summed E-state index contributed by atoms with van der Waals surface area (Å²) in [5.41, 5.74) is 2.22. The van der Waals surface area contributed by atoms with Gasteiger partial charge in [0, 0.05) is 6.54 Å². The van der Waals surface area contributed by atoms with E-state index < -0.39 is 0 Å². The van der Waals surface area contributed by atoms with Crippen LogP contribution in [0.1, 0.15) is 25.4 Å². The number of furan rings is 1. The van der Waals surface area contributed by atoms with E-state index in [9.17, 15) is 0 Å². The topological polar surface area (TPSA) is 31.0 Å². The fourth-order valence-corrected chi connectivity index (χ4v) is 2.32. The summed E-state index contributed by atoms with van der Waals surface area (Å²) in [6.07, 6.45) is 5.65. The monoisotopic (exact) mass is 266 g/mol. The number of imidazole rings is 1. The molecule has 2 heterocycles. The molecule has 0 atom stereocenters. The molecule has 0 aliphatic rings. The molecule has 20 heavy (non-hydrogen) atoms. The fourth-order valence-electron chi connectivity index (χ4n) is 2.32. The van der Waals surface area contributed by atoms with Gasteiger partial charge in [-0.05, 0) is 42.3 Å². The Morgan fingerprint density at radius 1 is 1.15 bits per heavy atom. The molecule has 102 valence electrons. The highest BCUT2D eigenvalue weighted by atomic mass is 16.3. The van der Waals surface area contributed by atoms with E-state index in [2.05, 4.69) is 36.6 Å². The maximum Gasteiger partial charge on any atom is 0.133 e. The summed E-state index contributed by atoms with van der Waals surface area (Å²) in [5, 5.41) is 0. The van der Waals surface area contributed by atoms with Crippen molar-refractivity contribution < 1.29 is 4.42 Å². The average molecular weight is 266 g/mol. The molecule has 0 aliphatic heterocycles. The van der Waals surface area contributed by atoms with Gasteiger partial charge in [-0.25, -0.2) is 4.98 Å². The zero-order valence-electron chi connectivity index (χ0n) is 11.8. The lowest BCUT2D eigenvalue weighted by Gasteiger charge is -2.09. The van der Waals surface area contributed by atoms with Crippen LogP contribution in [-0.4, -0.2) is 9.55 Å². The molecule has 3 rings (SSSR count). The summed E-state index contributed by atoms with van der Waals surface area (Å²) in [7, 11) is 0. The van der Waals surface area contributed by atoms with Crippen LogP contribution in [0.4, 0.5) is 0 Å². The van der Waals surface area contributed by atoms with Gasteiger partial charge in [-0.15, -0.1) is 0 Å². The number of benzene rings is 1. The van der Waals surface area contributed by atoms with Gasteiger partial charge in [0.1, 0.15) is 11.6 Å². The van der Waals surface area contributed by atoms with Crippen LogP contribution < -0.4 is 0 Å². The van der Waals surface area contributed by atoms with Crippen molar-refractivity contribution in [2.24, 2.45) is 5.92 Å². The molecule has 0 saturated carbocycles. The van der Waals surface area contributed by atoms with Crippen molar-refractivity contribution in [3.05, 3.63) is 54.2 Å². The fraction of sp³-hybridized carbons (Fsp3) is 0.235. The molecule has 0 amide bonds. The van der Waals surface area contributed by atoms with Gasteiger partial charge in [0.25, 0.3) is 0 Å². The lowest BCUT2D eigenvalue weighted by Crippen LogP contribution is -2.06. The largest absolute Gasteiger partial charge is 0.465 e. The van der Waals surface area contributed by atoms with Gasteiger partial charge in [0.2, 0.25) is 0 Å². The number of fused-ring (bicyclic) bond motifs is 1. The van der Waals surface area contributed by atoms with Crippen LogP contribution in [0.25, 0.3) is 23.2 Å². The summed E-state index contributed by atoms with van der Waals surface area (Å²) in [6, 6.07) is 12.1. The van der Waals surface area contributed by atoms with Crippen molar-refractivity contribution in [2.45, 2.75) is 20.4 Å². The lowest BCUT2D eigenvalue weighted by molar-refractivity contribution is 0.530. The Hall–Kier alpha value is -2.29. The predicted octanol–water partition coefficient (Wildman–Crippen LogP) is 4.46.